The molecule has 2 saturated carbocycles. The molecule has 244 valence electrons. The molecule has 3 fully saturated rings. The third-order valence-electron chi connectivity index (χ3n) is 9.71. The number of fused-ring (bicyclic) bond motifs is 4. The number of nitrogens with one attached hydrogen (secondary N) is 4. The van der Waals surface area contributed by atoms with Crippen LogP contribution in [0.5, 0.6) is 0 Å². The third kappa shape index (κ3) is 4.62. The van der Waals surface area contributed by atoms with Crippen molar-refractivity contribution >= 4 is 50.7 Å². The summed E-state index contributed by atoms with van der Waals surface area (Å²) in [4.78, 5) is 28.7. The van der Waals surface area contributed by atoms with Gasteiger partial charge in [-0.1, -0.05) is 62.2 Å². The van der Waals surface area contributed by atoms with Crippen molar-refractivity contribution in [2.75, 3.05) is 5.32 Å². The molecule has 15 heteroatoms. The van der Waals surface area contributed by atoms with Crippen LogP contribution >= 0.6 is 23.2 Å². The van der Waals surface area contributed by atoms with E-state index >= 15 is 4.39 Å². The fourth-order valence-corrected chi connectivity index (χ4v) is 9.36. The van der Waals surface area contributed by atoms with Gasteiger partial charge >= 0.3 is 15.5 Å². The Morgan fingerprint density at radius 1 is 1.04 bits per heavy atom. The Bertz CT molecular complexity index is 1710. The Balaban J connectivity index is 1.37. The average Bonchev–Trinajstić information content (AvgIpc) is 3.36. The number of rotatable bonds is 6. The normalized spacial score (nSPS) is 32.4. The van der Waals surface area contributed by atoms with E-state index in [0.29, 0.717) is 22.7 Å². The van der Waals surface area contributed by atoms with E-state index in [4.69, 9.17) is 23.2 Å². The van der Waals surface area contributed by atoms with Crippen LogP contribution in [-0.2, 0) is 25.0 Å². The number of sulfonamides is 1. The van der Waals surface area contributed by atoms with E-state index in [1.807, 2.05) is 20.8 Å². The number of anilines is 1. The SMILES string of the molecule is CC(C)(C)C[C@@]12N[C@]1(C(=O)NC1CCC(NS(=O)(=O)C(F)(F)F)CC1)[C@H](c1cccc(Cl)c1F)[C@@]21C(=O)Nc2cc(Cl)ccc21. The van der Waals surface area contributed by atoms with Crippen LogP contribution < -0.4 is 20.7 Å². The van der Waals surface area contributed by atoms with Crippen molar-refractivity contribution in [1.29, 1.82) is 0 Å². The summed E-state index contributed by atoms with van der Waals surface area (Å²) >= 11 is 12.5. The molecule has 1 saturated heterocycles. The molecule has 0 bridgehead atoms. The van der Waals surface area contributed by atoms with Crippen molar-refractivity contribution in [3.05, 3.63) is 63.4 Å². The van der Waals surface area contributed by atoms with Gasteiger partial charge in [-0.05, 0) is 66.8 Å². The summed E-state index contributed by atoms with van der Waals surface area (Å²) in [6, 6.07) is 8.02. The second-order valence-electron chi connectivity index (χ2n) is 13.7. The first-order chi connectivity index (χ1) is 20.8. The number of hydrogen-bond acceptors (Lipinski definition) is 5. The molecule has 2 aromatic rings. The summed E-state index contributed by atoms with van der Waals surface area (Å²) in [5.74, 6) is -2.65. The van der Waals surface area contributed by atoms with Gasteiger partial charge in [-0.2, -0.15) is 13.2 Å². The number of halogens is 6. The first kappa shape index (κ1) is 32.5. The third-order valence-corrected chi connectivity index (χ3v) is 11.5. The molecular weight excluding hydrogens is 659 g/mol. The monoisotopic (exact) mass is 690 g/mol. The minimum absolute atomic E-state index is 0.0701. The van der Waals surface area contributed by atoms with E-state index < -0.39 is 73.1 Å². The fraction of sp³-hybridized carbons (Fsp3) is 0.533. The van der Waals surface area contributed by atoms with E-state index in [-0.39, 0.29) is 36.3 Å². The lowest BCUT2D eigenvalue weighted by Crippen LogP contribution is -2.73. The first-order valence-electron chi connectivity index (χ1n) is 14.5. The number of carbonyl (C=O) groups is 2. The molecule has 6 rings (SSSR count). The molecule has 2 heterocycles. The Morgan fingerprint density at radius 3 is 2.31 bits per heavy atom. The van der Waals surface area contributed by atoms with Crippen molar-refractivity contribution in [2.24, 2.45) is 5.41 Å². The van der Waals surface area contributed by atoms with Crippen molar-refractivity contribution in [1.82, 2.24) is 15.4 Å². The minimum atomic E-state index is -5.51. The zero-order valence-electron chi connectivity index (χ0n) is 24.5. The van der Waals surface area contributed by atoms with Gasteiger partial charge in [0.1, 0.15) is 16.8 Å². The molecule has 0 aromatic heterocycles. The van der Waals surface area contributed by atoms with Crippen molar-refractivity contribution in [2.45, 2.75) is 92.9 Å². The molecule has 4 N–H and O–H groups in total. The van der Waals surface area contributed by atoms with Gasteiger partial charge in [0.05, 0.1) is 10.6 Å². The van der Waals surface area contributed by atoms with Crippen LogP contribution in [0.25, 0.3) is 0 Å². The Labute approximate surface area is 268 Å². The minimum Gasteiger partial charge on any atom is -0.352 e. The number of benzene rings is 2. The fourth-order valence-electron chi connectivity index (χ4n) is 8.20. The molecule has 8 nitrogen and oxygen atoms in total. The standard InChI is InChI=1S/C30H32Cl2F4N4O4S/c1-26(2,3)14-27-28(19-12-7-15(31)13-21(19)38-24(28)41)23(18-5-4-6-20(32)22(18)33)29(27,40-27)25(42)37-16-8-10-17(11-9-16)39-45(43,44)30(34,35)36/h4-7,12-13,16-17,23,39-40H,8-11,14H2,1-3H3,(H,37,42)(H,38,41)/t16?,17?,23-,27+,28+,29+/m1/s1. The highest BCUT2D eigenvalue weighted by Gasteiger charge is 2.97. The average molecular weight is 692 g/mol. The molecule has 0 radical (unpaired) electrons. The summed E-state index contributed by atoms with van der Waals surface area (Å²) in [6.45, 7) is 5.93. The molecule has 4 aliphatic rings. The second kappa shape index (κ2) is 10.3. The van der Waals surface area contributed by atoms with Gasteiger partial charge in [-0.25, -0.2) is 17.5 Å². The summed E-state index contributed by atoms with van der Waals surface area (Å²) in [7, 11) is -5.51. The smallest absolute Gasteiger partial charge is 0.352 e. The van der Waals surface area contributed by atoms with Gasteiger partial charge in [0, 0.05) is 28.7 Å². The number of alkyl halides is 3. The molecular formula is C30H32Cl2F4N4O4S. The summed E-state index contributed by atoms with van der Waals surface area (Å²) in [6.07, 6.45) is 0.916. The quantitative estimate of drug-likeness (QED) is 0.235. The predicted molar refractivity (Wildman–Crippen MR) is 161 cm³/mol. The Hall–Kier alpha value is -2.45. The van der Waals surface area contributed by atoms with Gasteiger partial charge in [-0.3, -0.25) is 14.9 Å². The van der Waals surface area contributed by atoms with Crippen molar-refractivity contribution in [3.8, 4) is 0 Å². The van der Waals surface area contributed by atoms with Gasteiger partial charge < -0.3 is 10.6 Å². The van der Waals surface area contributed by atoms with Crippen LogP contribution in [-0.4, -0.2) is 48.9 Å². The van der Waals surface area contributed by atoms with Crippen LogP contribution in [0.15, 0.2) is 36.4 Å². The molecule has 2 amide bonds. The van der Waals surface area contributed by atoms with Gasteiger partial charge in [0.25, 0.3) is 0 Å². The molecule has 2 aliphatic heterocycles. The van der Waals surface area contributed by atoms with Crippen LogP contribution in [0.4, 0.5) is 23.2 Å². The van der Waals surface area contributed by atoms with Crippen molar-refractivity contribution in [3.63, 3.8) is 0 Å². The van der Waals surface area contributed by atoms with E-state index in [1.165, 1.54) is 12.1 Å². The zero-order valence-corrected chi connectivity index (χ0v) is 26.9. The summed E-state index contributed by atoms with van der Waals surface area (Å²) < 4.78 is 79.5. The summed E-state index contributed by atoms with van der Waals surface area (Å²) in [5, 5.41) is 9.57. The molecule has 4 atom stereocenters. The van der Waals surface area contributed by atoms with Gasteiger partial charge in [-0.15, -0.1) is 0 Å². The number of hydrogen-bond donors (Lipinski definition) is 4. The zero-order chi connectivity index (χ0) is 33.0. The first-order valence-corrected chi connectivity index (χ1v) is 16.8. The van der Waals surface area contributed by atoms with Gasteiger partial charge in [0.2, 0.25) is 11.8 Å². The topological polar surface area (TPSA) is 126 Å². The highest BCUT2D eigenvalue weighted by Crippen LogP contribution is 2.79. The van der Waals surface area contributed by atoms with E-state index in [9.17, 15) is 31.2 Å². The number of amides is 2. The molecule has 2 aromatic carbocycles. The van der Waals surface area contributed by atoms with E-state index in [1.54, 1.807) is 29.0 Å². The highest BCUT2D eigenvalue weighted by atomic mass is 35.5. The largest absolute Gasteiger partial charge is 0.511 e. The lowest BCUT2D eigenvalue weighted by atomic mass is 9.41. The predicted octanol–water partition coefficient (Wildman–Crippen LogP) is 5.50. The summed E-state index contributed by atoms with van der Waals surface area (Å²) in [5.41, 5.74) is -8.65. The van der Waals surface area contributed by atoms with Gasteiger partial charge in [0.15, 0.2) is 0 Å². The Morgan fingerprint density at radius 2 is 1.69 bits per heavy atom. The second-order valence-corrected chi connectivity index (χ2v) is 16.2. The van der Waals surface area contributed by atoms with Crippen LogP contribution in [0.2, 0.25) is 10.0 Å². The highest BCUT2D eigenvalue weighted by molar-refractivity contribution is 7.90. The van der Waals surface area contributed by atoms with Crippen LogP contribution in [0.1, 0.15) is 69.9 Å². The van der Waals surface area contributed by atoms with Crippen LogP contribution in [0.3, 0.4) is 0 Å². The maximum absolute atomic E-state index is 15.9. The molecule has 2 aliphatic carbocycles. The molecule has 0 unspecified atom stereocenters. The molecule has 1 spiro atoms. The maximum Gasteiger partial charge on any atom is 0.511 e. The van der Waals surface area contributed by atoms with Crippen LogP contribution in [0, 0.1) is 11.2 Å². The lowest BCUT2D eigenvalue weighted by molar-refractivity contribution is -0.136. The number of carbonyl (C=O) groups excluding carboxylic acids is 2. The van der Waals surface area contributed by atoms with Crippen molar-refractivity contribution < 1.29 is 35.6 Å². The molecule has 45 heavy (non-hydrogen) atoms. The Kier molecular flexibility index (Phi) is 7.42. The van der Waals surface area contributed by atoms with E-state index in [0.717, 1.165) is 0 Å². The van der Waals surface area contributed by atoms with E-state index in [2.05, 4.69) is 16.0 Å². The lowest BCUT2D eigenvalue weighted by Gasteiger charge is -2.56. The maximum atomic E-state index is 15.9.